The molecular weight excluding hydrogens is 364 g/mol. The van der Waals surface area contributed by atoms with E-state index in [0.29, 0.717) is 18.7 Å². The van der Waals surface area contributed by atoms with Crippen molar-refractivity contribution in [1.82, 2.24) is 15.6 Å². The summed E-state index contributed by atoms with van der Waals surface area (Å²) in [4.78, 5) is 41.7. The number of carbonyl (C=O) groups excluding carboxylic acids is 3. The molecular formula is C16H22FN3O5S. The maximum Gasteiger partial charge on any atom is 0.373 e. The van der Waals surface area contributed by atoms with Gasteiger partial charge in [0.05, 0.1) is 0 Å². The lowest BCUT2D eigenvalue weighted by atomic mass is 10.2. The predicted octanol–water partition coefficient (Wildman–Crippen LogP) is 1.81. The number of carboxylic acids is 1. The van der Waals surface area contributed by atoms with Crippen LogP contribution < -0.4 is 10.6 Å². The third-order valence-corrected chi connectivity index (χ3v) is 4.09. The van der Waals surface area contributed by atoms with Gasteiger partial charge in [0.2, 0.25) is 5.95 Å². The van der Waals surface area contributed by atoms with Crippen LogP contribution >= 0.6 is 11.8 Å². The van der Waals surface area contributed by atoms with Crippen LogP contribution in [0.5, 0.6) is 0 Å². The number of aliphatic carboxylic acids is 1. The van der Waals surface area contributed by atoms with E-state index in [9.17, 15) is 14.0 Å². The molecule has 0 saturated carbocycles. The number of hydrogen-bond acceptors (Lipinski definition) is 6. The molecule has 1 unspecified atom stereocenters. The largest absolute Gasteiger partial charge is 0.481 e. The Kier molecular flexibility index (Phi) is 13.5. The van der Waals surface area contributed by atoms with E-state index in [2.05, 4.69) is 15.6 Å². The van der Waals surface area contributed by atoms with Gasteiger partial charge in [-0.3, -0.25) is 4.79 Å². The van der Waals surface area contributed by atoms with Crippen LogP contribution in [0.15, 0.2) is 18.3 Å². The quantitative estimate of drug-likeness (QED) is 0.413. The minimum Gasteiger partial charge on any atom is -0.481 e. The number of pyridine rings is 1. The Balaban J connectivity index is 0.00000194. The second-order valence-electron chi connectivity index (χ2n) is 5.21. The van der Waals surface area contributed by atoms with Crippen molar-refractivity contribution in [3.8, 4) is 0 Å². The highest BCUT2D eigenvalue weighted by Gasteiger charge is 2.08. The van der Waals surface area contributed by atoms with Gasteiger partial charge in [0, 0.05) is 31.0 Å². The second kappa shape index (κ2) is 14.9. The van der Waals surface area contributed by atoms with Gasteiger partial charge in [0.1, 0.15) is 0 Å². The molecule has 1 heterocycles. The van der Waals surface area contributed by atoms with Crippen molar-refractivity contribution in [2.24, 2.45) is 0 Å². The van der Waals surface area contributed by atoms with E-state index >= 15 is 0 Å². The third-order valence-electron chi connectivity index (χ3n) is 2.98. The molecule has 26 heavy (non-hydrogen) atoms. The molecule has 144 valence electrons. The fraction of sp³-hybridized carbons (Fsp3) is 0.500. The van der Waals surface area contributed by atoms with E-state index in [1.165, 1.54) is 12.3 Å². The first kappa shape index (κ1) is 23.5. The number of rotatable bonds is 10. The monoisotopic (exact) mass is 386 g/mol. The fourth-order valence-electron chi connectivity index (χ4n) is 1.79. The molecule has 0 aliphatic rings. The van der Waals surface area contributed by atoms with Crippen LogP contribution in [0.2, 0.25) is 0 Å². The molecule has 10 heteroatoms. The molecule has 0 radical (unpaired) electrons. The summed E-state index contributed by atoms with van der Waals surface area (Å²) in [6.07, 6.45) is 2.94. The number of nitrogens with zero attached hydrogens (tertiary/aromatic N) is 1. The van der Waals surface area contributed by atoms with Crippen LogP contribution in [0.25, 0.3) is 0 Å². The summed E-state index contributed by atoms with van der Waals surface area (Å²) in [6.45, 7) is 2.31. The molecule has 1 rings (SSSR count). The van der Waals surface area contributed by atoms with E-state index in [0.717, 1.165) is 17.7 Å². The number of amides is 2. The Hall–Kier alpha value is -2.45. The maximum atomic E-state index is 12.9. The summed E-state index contributed by atoms with van der Waals surface area (Å²) in [5, 5.41) is 14.0. The average molecular weight is 386 g/mol. The summed E-state index contributed by atoms with van der Waals surface area (Å²) >= 11 is 1.66. The highest BCUT2D eigenvalue weighted by molar-refractivity contribution is 7.98. The second-order valence-corrected chi connectivity index (χ2v) is 6.32. The van der Waals surface area contributed by atoms with E-state index in [4.69, 9.17) is 14.7 Å². The molecule has 0 bridgehead atoms. The van der Waals surface area contributed by atoms with Gasteiger partial charge in [-0.2, -0.15) is 25.7 Å². The molecule has 0 saturated heterocycles. The topological polar surface area (TPSA) is 125 Å². The first-order valence-electron chi connectivity index (χ1n) is 7.82. The standard InChI is InChI=1S/C15H22FN3O3S.CO2/c1-11(3-4-14(20)21)19-15(22)18-6-2-8-23-10-12-5-7-17-13(16)9-12;2-1-3/h5,7,9,11H,2-4,6,8,10H2,1H3,(H,20,21)(H2,18,19,22);/i16-1;. The molecule has 0 fully saturated rings. The van der Waals surface area contributed by atoms with Crippen LogP contribution in [-0.2, 0) is 20.1 Å². The zero-order valence-electron chi connectivity index (χ0n) is 14.4. The van der Waals surface area contributed by atoms with Crippen LogP contribution in [0, 0.1) is 5.95 Å². The van der Waals surface area contributed by atoms with Gasteiger partial charge in [-0.25, -0.2) is 9.78 Å². The van der Waals surface area contributed by atoms with E-state index < -0.39 is 11.9 Å². The SMILES string of the molecule is CC(CCC(=O)O)NC(=O)NCCCSCc1ccnc([18F])c1.O=C=O. The van der Waals surface area contributed by atoms with Crippen molar-refractivity contribution in [3.63, 3.8) is 0 Å². The lowest BCUT2D eigenvalue weighted by molar-refractivity contribution is -0.191. The summed E-state index contributed by atoms with van der Waals surface area (Å²) in [7, 11) is 0. The molecule has 1 atom stereocenters. The van der Waals surface area contributed by atoms with Gasteiger partial charge >= 0.3 is 18.2 Å². The zero-order chi connectivity index (χ0) is 19.8. The number of thioether (sulfide) groups is 1. The summed E-state index contributed by atoms with van der Waals surface area (Å²) in [5.74, 6) is 0.208. The Morgan fingerprint density at radius 3 is 2.73 bits per heavy atom. The predicted molar refractivity (Wildman–Crippen MR) is 92.8 cm³/mol. The van der Waals surface area contributed by atoms with Crippen LogP contribution in [0.4, 0.5) is 9.18 Å². The van der Waals surface area contributed by atoms with Crippen molar-refractivity contribution in [1.29, 1.82) is 0 Å². The smallest absolute Gasteiger partial charge is 0.373 e. The molecule has 1 aromatic heterocycles. The lowest BCUT2D eigenvalue weighted by Crippen LogP contribution is -2.41. The van der Waals surface area contributed by atoms with Crippen LogP contribution in [0.1, 0.15) is 31.7 Å². The minimum absolute atomic E-state index is 0.0354. The number of aromatic nitrogens is 1. The van der Waals surface area contributed by atoms with E-state index in [-0.39, 0.29) is 24.6 Å². The number of nitrogens with one attached hydrogen (secondary N) is 2. The van der Waals surface area contributed by atoms with Crippen molar-refractivity contribution in [2.75, 3.05) is 12.3 Å². The zero-order valence-corrected chi connectivity index (χ0v) is 15.2. The van der Waals surface area contributed by atoms with E-state index in [1.54, 1.807) is 24.8 Å². The molecule has 0 spiro atoms. The molecule has 3 N–H and O–H groups in total. The van der Waals surface area contributed by atoms with Gasteiger partial charge in [-0.15, -0.1) is 0 Å². The van der Waals surface area contributed by atoms with E-state index in [1.807, 2.05) is 0 Å². The normalized spacial score (nSPS) is 10.7. The van der Waals surface area contributed by atoms with Crippen LogP contribution in [-0.4, -0.2) is 46.6 Å². The summed E-state index contributed by atoms with van der Waals surface area (Å²) in [6, 6.07) is 2.73. The Morgan fingerprint density at radius 2 is 2.12 bits per heavy atom. The summed E-state index contributed by atoms with van der Waals surface area (Å²) in [5.41, 5.74) is 0.889. The van der Waals surface area contributed by atoms with Crippen molar-refractivity contribution in [3.05, 3.63) is 29.8 Å². The van der Waals surface area contributed by atoms with Crippen molar-refractivity contribution < 1.29 is 28.7 Å². The Morgan fingerprint density at radius 1 is 1.42 bits per heavy atom. The molecule has 0 aromatic carbocycles. The number of hydrogen-bond donors (Lipinski definition) is 3. The van der Waals surface area contributed by atoms with Gasteiger partial charge in [0.25, 0.3) is 0 Å². The molecule has 0 aliphatic heterocycles. The summed E-state index contributed by atoms with van der Waals surface area (Å²) < 4.78 is 12.9. The van der Waals surface area contributed by atoms with Crippen molar-refractivity contribution in [2.45, 2.75) is 38.0 Å². The highest BCUT2D eigenvalue weighted by Crippen LogP contribution is 2.12. The fourth-order valence-corrected chi connectivity index (χ4v) is 2.69. The molecule has 1 aromatic rings. The number of carbonyl (C=O) groups is 2. The lowest BCUT2D eigenvalue weighted by Gasteiger charge is -2.13. The number of halogens is 1. The Labute approximate surface area is 154 Å². The highest BCUT2D eigenvalue weighted by atomic mass is 32.2. The molecule has 0 aliphatic carbocycles. The van der Waals surface area contributed by atoms with Gasteiger partial charge in [0.15, 0.2) is 0 Å². The number of carboxylic acid groups (broad SMARTS) is 1. The number of urea groups is 1. The first-order valence-corrected chi connectivity index (χ1v) is 8.98. The maximum absolute atomic E-state index is 12.9. The Bertz CT molecular complexity index is 597. The molecule has 2 amide bonds. The van der Waals surface area contributed by atoms with Crippen LogP contribution in [0.3, 0.4) is 0 Å². The van der Waals surface area contributed by atoms with Gasteiger partial charge in [-0.1, -0.05) is 0 Å². The third kappa shape index (κ3) is 13.9. The van der Waals surface area contributed by atoms with Crippen molar-refractivity contribution >= 4 is 29.9 Å². The molecule has 8 nitrogen and oxygen atoms in total. The van der Waals surface area contributed by atoms with Gasteiger partial charge in [-0.05, 0) is 43.2 Å². The van der Waals surface area contributed by atoms with Gasteiger partial charge < -0.3 is 15.7 Å². The first-order chi connectivity index (χ1) is 12.4. The average Bonchev–Trinajstić information content (AvgIpc) is 2.57. The minimum atomic E-state index is -0.870.